The molecule has 3 heterocycles. The lowest BCUT2D eigenvalue weighted by atomic mass is 10.0. The van der Waals surface area contributed by atoms with E-state index in [1.165, 1.54) is 6.08 Å². The Labute approximate surface area is 189 Å². The molecule has 5 aromatic rings. The van der Waals surface area contributed by atoms with Gasteiger partial charge in [-0.3, -0.25) is 23.8 Å². The summed E-state index contributed by atoms with van der Waals surface area (Å²) in [7, 11) is 1.87. The van der Waals surface area contributed by atoms with Gasteiger partial charge in [-0.25, -0.2) is 0 Å². The lowest BCUT2D eigenvalue weighted by molar-refractivity contribution is -0.111. The fraction of sp³-hybridized carbons (Fsp3) is 0.0769. The SMILES string of the molecule is C=CC(=O)Nc1cc(-n2c(=O)c#cc3cnc4ccc(-c5cnn(C)c5)cc4c32)ccc1C. The molecule has 33 heavy (non-hydrogen) atoms. The molecule has 5 rings (SSSR count). The number of carbonyl (C=O) groups is 1. The normalized spacial score (nSPS) is 10.8. The second-order valence-corrected chi connectivity index (χ2v) is 7.74. The van der Waals surface area contributed by atoms with Crippen molar-refractivity contribution >= 4 is 33.4 Å². The van der Waals surface area contributed by atoms with E-state index in [1.54, 1.807) is 27.7 Å². The molecular weight excluding hydrogens is 414 g/mol. The summed E-state index contributed by atoms with van der Waals surface area (Å²) < 4.78 is 3.32. The van der Waals surface area contributed by atoms with E-state index < -0.39 is 0 Å². The van der Waals surface area contributed by atoms with Gasteiger partial charge in [0.1, 0.15) is 0 Å². The Kier molecular flexibility index (Phi) is 4.76. The number of hydrogen-bond acceptors (Lipinski definition) is 4. The van der Waals surface area contributed by atoms with Crippen LogP contribution < -0.4 is 10.9 Å². The summed E-state index contributed by atoms with van der Waals surface area (Å²) in [6, 6.07) is 17.0. The van der Waals surface area contributed by atoms with Gasteiger partial charge < -0.3 is 5.32 Å². The van der Waals surface area contributed by atoms with E-state index in [0.29, 0.717) is 22.3 Å². The molecule has 0 aliphatic rings. The number of rotatable bonds is 4. The van der Waals surface area contributed by atoms with Crippen LogP contribution in [0.4, 0.5) is 5.69 Å². The largest absolute Gasteiger partial charge is 0.322 e. The molecule has 0 unspecified atom stereocenters. The Balaban J connectivity index is 1.80. The maximum absolute atomic E-state index is 13.0. The van der Waals surface area contributed by atoms with Gasteiger partial charge in [-0.2, -0.15) is 5.10 Å². The maximum atomic E-state index is 13.0. The number of carbonyl (C=O) groups excluding carboxylic acids is 1. The van der Waals surface area contributed by atoms with Crippen molar-refractivity contribution in [2.45, 2.75) is 6.92 Å². The summed E-state index contributed by atoms with van der Waals surface area (Å²) >= 11 is 0. The Morgan fingerprint density at radius 1 is 1.12 bits per heavy atom. The van der Waals surface area contributed by atoms with E-state index in [9.17, 15) is 9.59 Å². The predicted octanol–water partition coefficient (Wildman–Crippen LogP) is 3.97. The Bertz CT molecular complexity index is 1630. The van der Waals surface area contributed by atoms with E-state index in [-0.39, 0.29) is 11.5 Å². The highest BCUT2D eigenvalue weighted by Gasteiger charge is 2.13. The molecule has 0 saturated carbocycles. The van der Waals surface area contributed by atoms with E-state index >= 15 is 0 Å². The molecule has 2 aromatic carbocycles. The van der Waals surface area contributed by atoms with Crippen LogP contribution in [0.15, 0.2) is 72.4 Å². The minimum atomic E-state index is -0.355. The van der Waals surface area contributed by atoms with Crippen LogP contribution in [0.5, 0.6) is 0 Å². The standard InChI is InChI=1S/C26H19N5O2/c1-4-24(32)29-23-12-20(8-5-16(23)2)31-25(33)10-7-18-13-27-22-9-6-17(11-21(22)26(18)31)19-14-28-30(3)15-19/h4-6,8-9,11-15H,1H2,2-3H3,(H,29,32). The van der Waals surface area contributed by atoms with Gasteiger partial charge in [0.25, 0.3) is 0 Å². The number of aromatic nitrogens is 4. The highest BCUT2D eigenvalue weighted by molar-refractivity contribution is 6.05. The second kappa shape index (κ2) is 7.77. The zero-order chi connectivity index (χ0) is 23.1. The number of hydrogen-bond donors (Lipinski definition) is 1. The maximum Gasteiger partial charge on any atom is 0.307 e. The van der Waals surface area contributed by atoms with Gasteiger partial charge in [0.15, 0.2) is 0 Å². The number of aryl methyl sites for hydroxylation is 2. The van der Waals surface area contributed by atoms with Gasteiger partial charge in [-0.15, -0.1) is 0 Å². The second-order valence-electron chi connectivity index (χ2n) is 7.74. The number of anilines is 1. The highest BCUT2D eigenvalue weighted by atomic mass is 16.1. The van der Waals surface area contributed by atoms with Crippen LogP contribution in [0.3, 0.4) is 0 Å². The number of benzene rings is 2. The molecule has 3 aromatic heterocycles. The average molecular weight is 433 g/mol. The van der Waals surface area contributed by atoms with Crippen molar-refractivity contribution in [3.05, 3.63) is 95.7 Å². The van der Waals surface area contributed by atoms with Crippen LogP contribution in [0.1, 0.15) is 5.56 Å². The molecule has 7 heteroatoms. The molecule has 0 bridgehead atoms. The number of pyridine rings is 1. The first-order valence-corrected chi connectivity index (χ1v) is 10.3. The van der Waals surface area contributed by atoms with Gasteiger partial charge in [0.05, 0.1) is 28.3 Å². The van der Waals surface area contributed by atoms with Gasteiger partial charge in [-0.05, 0) is 48.4 Å². The lowest BCUT2D eigenvalue weighted by Crippen LogP contribution is -2.17. The molecule has 0 aliphatic heterocycles. The van der Waals surface area contributed by atoms with Gasteiger partial charge in [-0.1, -0.05) is 24.8 Å². The van der Waals surface area contributed by atoms with E-state index in [2.05, 4.69) is 34.1 Å². The van der Waals surface area contributed by atoms with Crippen molar-refractivity contribution in [1.82, 2.24) is 19.3 Å². The van der Waals surface area contributed by atoms with Crippen LogP contribution in [-0.4, -0.2) is 25.2 Å². The summed E-state index contributed by atoms with van der Waals surface area (Å²) in [6.07, 6.45) is 6.61. The Morgan fingerprint density at radius 3 is 2.73 bits per heavy atom. The van der Waals surface area contributed by atoms with Crippen LogP contribution in [-0.2, 0) is 11.8 Å². The fourth-order valence-electron chi connectivity index (χ4n) is 3.85. The molecule has 1 amide bonds. The Hall–Kier alpha value is -4.70. The van der Waals surface area contributed by atoms with Crippen LogP contribution >= 0.6 is 0 Å². The first kappa shape index (κ1) is 20.2. The zero-order valence-corrected chi connectivity index (χ0v) is 18.1. The van der Waals surface area contributed by atoms with Crippen molar-refractivity contribution in [3.8, 4) is 16.8 Å². The van der Waals surface area contributed by atoms with E-state index in [4.69, 9.17) is 0 Å². The highest BCUT2D eigenvalue weighted by Crippen LogP contribution is 2.29. The minimum absolute atomic E-state index is 0.323. The third-order valence-corrected chi connectivity index (χ3v) is 5.53. The molecule has 160 valence electrons. The summed E-state index contributed by atoms with van der Waals surface area (Å²) in [4.78, 5) is 29.5. The van der Waals surface area contributed by atoms with Crippen molar-refractivity contribution in [3.63, 3.8) is 0 Å². The number of amides is 1. The topological polar surface area (TPSA) is 81.8 Å². The quantitative estimate of drug-likeness (QED) is 0.435. The molecule has 0 fully saturated rings. The fourth-order valence-corrected chi connectivity index (χ4v) is 3.85. The number of nitrogens with zero attached hydrogens (tertiary/aromatic N) is 4. The van der Waals surface area contributed by atoms with Crippen molar-refractivity contribution in [2.75, 3.05) is 5.32 Å². The number of fused-ring (bicyclic) bond motifs is 3. The summed E-state index contributed by atoms with van der Waals surface area (Å²) in [5.74, 6) is -0.323. The van der Waals surface area contributed by atoms with Gasteiger partial charge in [0, 0.05) is 42.1 Å². The minimum Gasteiger partial charge on any atom is -0.322 e. The average Bonchev–Trinajstić information content (AvgIpc) is 3.26. The molecule has 0 spiro atoms. The summed E-state index contributed by atoms with van der Waals surface area (Å²) in [5, 5.41) is 8.51. The van der Waals surface area contributed by atoms with Crippen LogP contribution in [0.25, 0.3) is 38.6 Å². The van der Waals surface area contributed by atoms with Crippen molar-refractivity contribution in [1.29, 1.82) is 0 Å². The van der Waals surface area contributed by atoms with Gasteiger partial charge >= 0.3 is 5.56 Å². The molecule has 1 N–H and O–H groups in total. The van der Waals surface area contributed by atoms with Gasteiger partial charge in [0.2, 0.25) is 5.91 Å². The summed E-state index contributed by atoms with van der Waals surface area (Å²) in [6.45, 7) is 5.38. The molecule has 0 atom stereocenters. The van der Waals surface area contributed by atoms with E-state index in [1.807, 2.05) is 50.5 Å². The lowest BCUT2D eigenvalue weighted by Gasteiger charge is -2.14. The third kappa shape index (κ3) is 3.54. The monoisotopic (exact) mass is 433 g/mol. The molecule has 0 radical (unpaired) electrons. The summed E-state index contributed by atoms with van der Waals surface area (Å²) in [5.41, 5.74) is 5.03. The zero-order valence-electron chi connectivity index (χ0n) is 18.1. The van der Waals surface area contributed by atoms with E-state index in [0.717, 1.165) is 27.6 Å². The molecule has 0 aliphatic carbocycles. The number of nitrogens with one attached hydrogen (secondary N) is 1. The molecule has 7 nitrogen and oxygen atoms in total. The molecular formula is C26H19N5O2. The van der Waals surface area contributed by atoms with Crippen molar-refractivity contribution in [2.24, 2.45) is 7.05 Å². The third-order valence-electron chi connectivity index (χ3n) is 5.53. The Morgan fingerprint density at radius 2 is 1.97 bits per heavy atom. The van der Waals surface area contributed by atoms with Crippen LogP contribution in [0, 0.1) is 19.1 Å². The first-order chi connectivity index (χ1) is 15.9. The van der Waals surface area contributed by atoms with Crippen molar-refractivity contribution < 1.29 is 4.79 Å². The first-order valence-electron chi connectivity index (χ1n) is 10.3. The molecule has 0 saturated heterocycles. The smallest absolute Gasteiger partial charge is 0.307 e. The van der Waals surface area contributed by atoms with Crippen LogP contribution in [0.2, 0.25) is 0 Å². The predicted molar refractivity (Wildman–Crippen MR) is 128 cm³/mol.